The molecule has 0 aromatic heterocycles. The third-order valence-electron chi connectivity index (χ3n) is 1.71. The fourth-order valence-corrected chi connectivity index (χ4v) is 0.972. The molecule has 0 aliphatic rings. The van der Waals surface area contributed by atoms with E-state index in [-0.39, 0.29) is 27.1 Å². The van der Waals surface area contributed by atoms with Crippen LogP contribution in [0.1, 0.15) is 26.3 Å². The van der Waals surface area contributed by atoms with Crippen molar-refractivity contribution in [2.75, 3.05) is 0 Å². The molecule has 64 valence electrons. The quantitative estimate of drug-likeness (QED) is 0.635. The van der Waals surface area contributed by atoms with Crippen molar-refractivity contribution in [3.8, 4) is 5.75 Å². The van der Waals surface area contributed by atoms with Crippen LogP contribution in [0.15, 0.2) is 24.3 Å². The van der Waals surface area contributed by atoms with Gasteiger partial charge >= 0.3 is 0 Å². The van der Waals surface area contributed by atoms with Crippen molar-refractivity contribution in [1.82, 2.24) is 0 Å². The SMILES string of the molecule is CC(C)(C)c1cccc(O)c1.[Ti]. The number of benzene rings is 1. The summed E-state index contributed by atoms with van der Waals surface area (Å²) in [5, 5.41) is 9.18. The van der Waals surface area contributed by atoms with Gasteiger partial charge in [-0.3, -0.25) is 0 Å². The van der Waals surface area contributed by atoms with Crippen LogP contribution >= 0.6 is 0 Å². The molecule has 0 spiro atoms. The Balaban J connectivity index is 0.00000121. The number of rotatable bonds is 0. The monoisotopic (exact) mass is 198 g/mol. The average molecular weight is 198 g/mol. The summed E-state index contributed by atoms with van der Waals surface area (Å²) in [4.78, 5) is 0. The molecular formula is C10H14OTi. The summed E-state index contributed by atoms with van der Waals surface area (Å²) in [6.07, 6.45) is 0. The van der Waals surface area contributed by atoms with Gasteiger partial charge in [-0.15, -0.1) is 0 Å². The van der Waals surface area contributed by atoms with Crippen molar-refractivity contribution in [3.63, 3.8) is 0 Å². The van der Waals surface area contributed by atoms with Crippen LogP contribution in [0.5, 0.6) is 5.75 Å². The van der Waals surface area contributed by atoms with E-state index >= 15 is 0 Å². The number of phenolic OH excluding ortho intramolecular Hbond substituents is 1. The molecule has 1 aromatic rings. The summed E-state index contributed by atoms with van der Waals surface area (Å²) >= 11 is 0. The number of hydrogen-bond donors (Lipinski definition) is 1. The van der Waals surface area contributed by atoms with Crippen molar-refractivity contribution in [1.29, 1.82) is 0 Å². The molecule has 1 rings (SSSR count). The smallest absolute Gasteiger partial charge is 0.115 e. The minimum Gasteiger partial charge on any atom is -0.508 e. The van der Waals surface area contributed by atoms with E-state index in [4.69, 9.17) is 0 Å². The van der Waals surface area contributed by atoms with Gasteiger partial charge in [0, 0.05) is 21.7 Å². The summed E-state index contributed by atoms with van der Waals surface area (Å²) in [5.74, 6) is 0.345. The van der Waals surface area contributed by atoms with E-state index in [2.05, 4.69) is 20.8 Å². The Morgan fingerprint density at radius 1 is 1.17 bits per heavy atom. The summed E-state index contributed by atoms with van der Waals surface area (Å²) in [5.41, 5.74) is 1.29. The second kappa shape index (κ2) is 4.11. The molecule has 0 amide bonds. The minimum atomic E-state index is 0. The standard InChI is InChI=1S/C10H14O.Ti/c1-10(2,3)8-5-4-6-9(11)7-8;/h4-7,11H,1-3H3;. The van der Waals surface area contributed by atoms with Crippen molar-refractivity contribution < 1.29 is 26.8 Å². The van der Waals surface area contributed by atoms with Gasteiger partial charge in [-0.2, -0.15) is 0 Å². The molecule has 0 saturated heterocycles. The van der Waals surface area contributed by atoms with Gasteiger partial charge in [0.25, 0.3) is 0 Å². The van der Waals surface area contributed by atoms with E-state index in [1.807, 2.05) is 12.1 Å². The summed E-state index contributed by atoms with van der Waals surface area (Å²) in [7, 11) is 0. The molecule has 12 heavy (non-hydrogen) atoms. The maximum Gasteiger partial charge on any atom is 0.115 e. The van der Waals surface area contributed by atoms with Crippen LogP contribution in [0.25, 0.3) is 0 Å². The van der Waals surface area contributed by atoms with Crippen LogP contribution in [0.3, 0.4) is 0 Å². The molecule has 0 unspecified atom stereocenters. The molecule has 0 saturated carbocycles. The predicted molar refractivity (Wildman–Crippen MR) is 46.8 cm³/mol. The molecule has 0 aliphatic heterocycles. The fourth-order valence-electron chi connectivity index (χ4n) is 0.972. The Morgan fingerprint density at radius 3 is 2.08 bits per heavy atom. The zero-order valence-electron chi connectivity index (χ0n) is 7.76. The normalized spacial score (nSPS) is 10.6. The molecule has 0 fully saturated rings. The zero-order valence-corrected chi connectivity index (χ0v) is 9.32. The van der Waals surface area contributed by atoms with E-state index in [0.29, 0.717) is 5.75 Å². The first kappa shape index (κ1) is 11.7. The van der Waals surface area contributed by atoms with E-state index in [1.54, 1.807) is 12.1 Å². The van der Waals surface area contributed by atoms with Crippen LogP contribution in [0.2, 0.25) is 0 Å². The van der Waals surface area contributed by atoms with Crippen LogP contribution in [0, 0.1) is 0 Å². The van der Waals surface area contributed by atoms with Gasteiger partial charge in [-0.1, -0.05) is 32.9 Å². The molecule has 0 bridgehead atoms. The van der Waals surface area contributed by atoms with E-state index in [9.17, 15) is 5.11 Å². The van der Waals surface area contributed by atoms with Gasteiger partial charge in [0.2, 0.25) is 0 Å². The summed E-state index contributed by atoms with van der Waals surface area (Å²) in [6, 6.07) is 7.39. The molecule has 0 aliphatic carbocycles. The molecule has 1 nitrogen and oxygen atoms in total. The van der Waals surface area contributed by atoms with Gasteiger partial charge in [-0.05, 0) is 23.1 Å². The third-order valence-corrected chi connectivity index (χ3v) is 1.71. The fraction of sp³-hybridized carbons (Fsp3) is 0.400. The Bertz CT molecular complexity index is 250. The van der Waals surface area contributed by atoms with Crippen LogP contribution in [0.4, 0.5) is 0 Å². The maximum atomic E-state index is 9.18. The number of aromatic hydroxyl groups is 1. The minimum absolute atomic E-state index is 0. The van der Waals surface area contributed by atoms with Gasteiger partial charge in [0.1, 0.15) is 5.75 Å². The van der Waals surface area contributed by atoms with Gasteiger partial charge in [0.15, 0.2) is 0 Å². The first-order valence-corrected chi connectivity index (χ1v) is 3.79. The van der Waals surface area contributed by atoms with Crippen molar-refractivity contribution in [3.05, 3.63) is 29.8 Å². The van der Waals surface area contributed by atoms with Gasteiger partial charge < -0.3 is 5.11 Å². The summed E-state index contributed by atoms with van der Waals surface area (Å²) in [6.45, 7) is 6.38. The summed E-state index contributed by atoms with van der Waals surface area (Å²) < 4.78 is 0. The van der Waals surface area contributed by atoms with Crippen molar-refractivity contribution in [2.45, 2.75) is 26.2 Å². The molecule has 0 atom stereocenters. The van der Waals surface area contributed by atoms with Crippen LogP contribution < -0.4 is 0 Å². The maximum absolute atomic E-state index is 9.18. The Hall–Kier alpha value is -0.266. The first-order chi connectivity index (χ1) is 5.00. The van der Waals surface area contributed by atoms with E-state index < -0.39 is 0 Å². The van der Waals surface area contributed by atoms with E-state index in [0.717, 1.165) is 5.56 Å². The topological polar surface area (TPSA) is 20.2 Å². The molecule has 1 N–H and O–H groups in total. The largest absolute Gasteiger partial charge is 0.508 e. The Kier molecular flexibility index (Phi) is 4.02. The van der Waals surface area contributed by atoms with Crippen molar-refractivity contribution >= 4 is 0 Å². The number of hydrogen-bond acceptors (Lipinski definition) is 1. The average Bonchev–Trinajstić information content (AvgIpc) is 1.86. The first-order valence-electron chi connectivity index (χ1n) is 3.79. The second-order valence-corrected chi connectivity index (χ2v) is 3.80. The van der Waals surface area contributed by atoms with Gasteiger partial charge in [-0.25, -0.2) is 0 Å². The van der Waals surface area contributed by atoms with E-state index in [1.165, 1.54) is 0 Å². The molecule has 2 heteroatoms. The van der Waals surface area contributed by atoms with Crippen LogP contribution in [-0.4, -0.2) is 5.11 Å². The van der Waals surface area contributed by atoms with Crippen molar-refractivity contribution in [2.24, 2.45) is 0 Å². The zero-order chi connectivity index (χ0) is 8.48. The second-order valence-electron chi connectivity index (χ2n) is 3.80. The third kappa shape index (κ3) is 3.00. The Morgan fingerprint density at radius 2 is 1.75 bits per heavy atom. The Labute approximate surface area is 88.7 Å². The van der Waals surface area contributed by atoms with Crippen LogP contribution in [-0.2, 0) is 27.1 Å². The number of phenols is 1. The molecule has 1 aromatic carbocycles. The molecule has 0 heterocycles. The molecule has 0 radical (unpaired) electrons. The van der Waals surface area contributed by atoms with Gasteiger partial charge in [0.05, 0.1) is 0 Å². The predicted octanol–water partition coefficient (Wildman–Crippen LogP) is 2.69. The molecular weight excluding hydrogens is 184 g/mol.